The zero-order valence-electron chi connectivity index (χ0n) is 14.5. The minimum absolute atomic E-state index is 0.0112. The molecule has 1 heterocycles. The number of hydrogen-bond donors (Lipinski definition) is 1. The summed E-state index contributed by atoms with van der Waals surface area (Å²) in [4.78, 5) is 4.47. The van der Waals surface area contributed by atoms with Gasteiger partial charge in [-0.15, -0.1) is 11.6 Å². The highest BCUT2D eigenvalue weighted by atomic mass is 35.5. The summed E-state index contributed by atoms with van der Waals surface area (Å²) in [6.45, 7) is 7.49. The number of phenols is 1. The normalized spacial score (nSPS) is 17.7. The van der Waals surface area contributed by atoms with Gasteiger partial charge in [0.05, 0.1) is 0 Å². The molecule has 0 saturated heterocycles. The van der Waals surface area contributed by atoms with Crippen LogP contribution in [0.3, 0.4) is 0 Å². The van der Waals surface area contributed by atoms with Gasteiger partial charge in [0, 0.05) is 66.2 Å². The molecule has 2 aromatic carbocycles. The standard InChI is InChI=1S/C19H25ClN2O/c1-19(2,3)22-11-12(10-20)17-15(22)9-16(23)13-7-6-8-14(18(13)17)21(4)5/h6-9,12,23H,10-11H2,1-5H3/t12-/m1/s1. The van der Waals surface area contributed by atoms with Crippen molar-refractivity contribution in [1.82, 2.24) is 0 Å². The number of nitrogens with zero attached hydrogens (tertiary/aromatic N) is 2. The van der Waals surface area contributed by atoms with Crippen molar-refractivity contribution in [1.29, 1.82) is 0 Å². The Labute approximate surface area is 143 Å². The minimum Gasteiger partial charge on any atom is -0.507 e. The fourth-order valence-electron chi connectivity index (χ4n) is 3.63. The molecule has 23 heavy (non-hydrogen) atoms. The van der Waals surface area contributed by atoms with E-state index in [1.54, 1.807) is 0 Å². The topological polar surface area (TPSA) is 26.7 Å². The predicted molar refractivity (Wildman–Crippen MR) is 100 cm³/mol. The van der Waals surface area contributed by atoms with Gasteiger partial charge in [-0.25, -0.2) is 0 Å². The molecule has 0 amide bonds. The van der Waals surface area contributed by atoms with Gasteiger partial charge in [0.2, 0.25) is 0 Å². The van der Waals surface area contributed by atoms with Crippen LogP contribution in [0, 0.1) is 0 Å². The van der Waals surface area contributed by atoms with Crippen molar-refractivity contribution in [2.75, 3.05) is 36.3 Å². The summed E-state index contributed by atoms with van der Waals surface area (Å²) in [5, 5.41) is 12.6. The fraction of sp³-hybridized carbons (Fsp3) is 0.474. The van der Waals surface area contributed by atoms with Crippen LogP contribution in [-0.4, -0.2) is 37.2 Å². The van der Waals surface area contributed by atoms with Gasteiger partial charge in [-0.1, -0.05) is 12.1 Å². The first-order chi connectivity index (χ1) is 10.8. The lowest BCUT2D eigenvalue weighted by Crippen LogP contribution is -2.40. The number of phenolic OH excluding ortho intramolecular Hbond substituents is 1. The molecule has 1 N–H and O–H groups in total. The second-order valence-corrected chi connectivity index (χ2v) is 7.86. The summed E-state index contributed by atoms with van der Waals surface area (Å²) in [6.07, 6.45) is 0. The van der Waals surface area contributed by atoms with Crippen molar-refractivity contribution in [2.24, 2.45) is 0 Å². The first-order valence-electron chi connectivity index (χ1n) is 8.05. The number of anilines is 2. The van der Waals surface area contributed by atoms with E-state index < -0.39 is 0 Å². The quantitative estimate of drug-likeness (QED) is 0.817. The molecule has 0 radical (unpaired) electrons. The zero-order chi connectivity index (χ0) is 16.9. The minimum atomic E-state index is -0.0112. The predicted octanol–water partition coefficient (Wildman–Crippen LogP) is 4.55. The van der Waals surface area contributed by atoms with E-state index in [1.165, 1.54) is 5.56 Å². The van der Waals surface area contributed by atoms with Crippen molar-refractivity contribution in [3.8, 4) is 5.75 Å². The largest absolute Gasteiger partial charge is 0.507 e. The van der Waals surface area contributed by atoms with Crippen LogP contribution in [0.1, 0.15) is 32.3 Å². The van der Waals surface area contributed by atoms with Crippen LogP contribution < -0.4 is 9.80 Å². The van der Waals surface area contributed by atoms with E-state index in [9.17, 15) is 5.11 Å². The van der Waals surface area contributed by atoms with Gasteiger partial charge in [-0.05, 0) is 32.4 Å². The molecule has 1 aliphatic heterocycles. The molecule has 3 nitrogen and oxygen atoms in total. The Balaban J connectivity index is 2.40. The molecule has 4 heteroatoms. The maximum Gasteiger partial charge on any atom is 0.125 e. The molecule has 3 rings (SSSR count). The average molecular weight is 333 g/mol. The highest BCUT2D eigenvalue weighted by molar-refractivity contribution is 6.19. The van der Waals surface area contributed by atoms with Crippen LogP contribution in [0.2, 0.25) is 0 Å². The molecule has 0 bridgehead atoms. The highest BCUT2D eigenvalue weighted by Gasteiger charge is 2.36. The lowest BCUT2D eigenvalue weighted by atomic mass is 9.94. The molecule has 2 aromatic rings. The maximum absolute atomic E-state index is 10.6. The van der Waals surface area contributed by atoms with Crippen molar-refractivity contribution in [3.05, 3.63) is 29.8 Å². The van der Waals surface area contributed by atoms with Crippen molar-refractivity contribution < 1.29 is 5.11 Å². The van der Waals surface area contributed by atoms with Crippen LogP contribution in [0.25, 0.3) is 10.8 Å². The Morgan fingerprint density at radius 3 is 2.57 bits per heavy atom. The Morgan fingerprint density at radius 1 is 1.30 bits per heavy atom. The van der Waals surface area contributed by atoms with Crippen molar-refractivity contribution >= 4 is 33.7 Å². The van der Waals surface area contributed by atoms with Gasteiger partial charge in [0.25, 0.3) is 0 Å². The van der Waals surface area contributed by atoms with Crippen LogP contribution in [0.4, 0.5) is 11.4 Å². The molecule has 0 saturated carbocycles. The number of fused-ring (bicyclic) bond motifs is 3. The van der Waals surface area contributed by atoms with E-state index >= 15 is 0 Å². The third-order valence-electron chi connectivity index (χ3n) is 4.72. The van der Waals surface area contributed by atoms with Gasteiger partial charge in [-0.3, -0.25) is 0 Å². The number of hydrogen-bond acceptors (Lipinski definition) is 3. The molecular weight excluding hydrogens is 308 g/mol. The lowest BCUT2D eigenvalue weighted by molar-refractivity contribution is 0.479. The molecular formula is C19H25ClN2O. The molecule has 0 fully saturated rings. The van der Waals surface area contributed by atoms with Crippen LogP contribution in [-0.2, 0) is 0 Å². The summed E-state index contributed by atoms with van der Waals surface area (Å²) in [6, 6.07) is 8.00. The van der Waals surface area contributed by atoms with Crippen molar-refractivity contribution in [2.45, 2.75) is 32.2 Å². The van der Waals surface area contributed by atoms with Gasteiger partial charge in [0.15, 0.2) is 0 Å². The molecule has 0 unspecified atom stereocenters. The van der Waals surface area contributed by atoms with Gasteiger partial charge < -0.3 is 14.9 Å². The highest BCUT2D eigenvalue weighted by Crippen LogP contribution is 2.49. The summed E-state index contributed by atoms with van der Waals surface area (Å²) < 4.78 is 0. The average Bonchev–Trinajstić information content (AvgIpc) is 2.85. The van der Waals surface area contributed by atoms with Gasteiger partial charge >= 0.3 is 0 Å². The van der Waals surface area contributed by atoms with E-state index in [0.29, 0.717) is 11.6 Å². The van der Waals surface area contributed by atoms with Crippen LogP contribution in [0.15, 0.2) is 24.3 Å². The number of benzene rings is 2. The first-order valence-corrected chi connectivity index (χ1v) is 8.58. The Kier molecular flexibility index (Phi) is 3.88. The van der Waals surface area contributed by atoms with E-state index in [1.807, 2.05) is 32.3 Å². The zero-order valence-corrected chi connectivity index (χ0v) is 15.3. The van der Waals surface area contributed by atoms with Crippen LogP contribution >= 0.6 is 11.6 Å². The summed E-state index contributed by atoms with van der Waals surface area (Å²) in [7, 11) is 4.08. The molecule has 1 atom stereocenters. The Bertz CT molecular complexity index is 749. The lowest BCUT2D eigenvalue weighted by Gasteiger charge is -2.35. The fourth-order valence-corrected chi connectivity index (χ4v) is 3.88. The summed E-state index contributed by atoms with van der Waals surface area (Å²) in [5.41, 5.74) is 3.50. The summed E-state index contributed by atoms with van der Waals surface area (Å²) in [5.74, 6) is 1.20. The molecule has 124 valence electrons. The van der Waals surface area contributed by atoms with E-state index in [0.717, 1.165) is 28.7 Å². The Morgan fingerprint density at radius 2 is 2.00 bits per heavy atom. The van der Waals surface area contributed by atoms with E-state index in [-0.39, 0.29) is 11.5 Å². The second kappa shape index (κ2) is 5.48. The monoisotopic (exact) mass is 332 g/mol. The summed E-state index contributed by atoms with van der Waals surface area (Å²) >= 11 is 6.32. The number of alkyl halides is 1. The van der Waals surface area contributed by atoms with E-state index in [4.69, 9.17) is 11.6 Å². The third kappa shape index (κ3) is 2.51. The van der Waals surface area contributed by atoms with Gasteiger partial charge in [-0.2, -0.15) is 0 Å². The number of aromatic hydroxyl groups is 1. The van der Waals surface area contributed by atoms with Gasteiger partial charge in [0.1, 0.15) is 5.75 Å². The number of rotatable bonds is 2. The van der Waals surface area contributed by atoms with Crippen molar-refractivity contribution in [3.63, 3.8) is 0 Å². The first kappa shape index (κ1) is 16.3. The van der Waals surface area contributed by atoms with E-state index in [2.05, 4.69) is 36.6 Å². The smallest absolute Gasteiger partial charge is 0.125 e. The SMILES string of the molecule is CN(C)c1cccc2c(O)cc3c(c12)[C@H](CCl)CN3C(C)(C)C. The Hall–Kier alpha value is -1.61. The third-order valence-corrected chi connectivity index (χ3v) is 5.09. The molecule has 0 aliphatic carbocycles. The molecule has 0 aromatic heterocycles. The molecule has 0 spiro atoms. The molecule has 1 aliphatic rings. The maximum atomic E-state index is 10.6. The number of halogens is 1. The van der Waals surface area contributed by atoms with Crippen LogP contribution in [0.5, 0.6) is 5.75 Å². The second-order valence-electron chi connectivity index (χ2n) is 7.56.